The smallest absolute Gasteiger partial charge is 0.254 e. The number of carbonyl (C=O) groups is 1. The first kappa shape index (κ1) is 15.5. The lowest BCUT2D eigenvalue weighted by Gasteiger charge is -2.33. The van der Waals surface area contributed by atoms with E-state index in [-0.39, 0.29) is 5.91 Å². The first-order valence-electron chi connectivity index (χ1n) is 8.80. The molecule has 128 valence electrons. The average molecular weight is 328 g/mol. The Labute approximate surface area is 141 Å². The Morgan fingerprint density at radius 2 is 2.33 bits per heavy atom. The monoisotopic (exact) mass is 328 g/mol. The summed E-state index contributed by atoms with van der Waals surface area (Å²) in [5.74, 6) is 1.00. The van der Waals surface area contributed by atoms with Gasteiger partial charge in [-0.15, -0.1) is 0 Å². The van der Waals surface area contributed by atoms with Crippen LogP contribution in [0.1, 0.15) is 37.9 Å². The second-order valence-electron chi connectivity index (χ2n) is 6.88. The molecule has 0 aliphatic carbocycles. The van der Waals surface area contributed by atoms with Gasteiger partial charge in [-0.05, 0) is 44.9 Å². The fraction of sp³-hybridized carbons (Fsp3) is 0.526. The molecule has 5 nitrogen and oxygen atoms in total. The molecule has 2 aliphatic rings. The summed E-state index contributed by atoms with van der Waals surface area (Å²) in [5.41, 5.74) is 2.93. The minimum atomic E-state index is -0.639. The molecule has 1 aromatic carbocycles. The summed E-state index contributed by atoms with van der Waals surface area (Å²) < 4.78 is 11.4. The van der Waals surface area contributed by atoms with Crippen molar-refractivity contribution in [1.29, 1.82) is 0 Å². The Bertz CT molecular complexity index is 774. The van der Waals surface area contributed by atoms with Gasteiger partial charge >= 0.3 is 0 Å². The summed E-state index contributed by atoms with van der Waals surface area (Å²) in [7, 11) is 0. The van der Waals surface area contributed by atoms with Crippen molar-refractivity contribution in [1.82, 2.24) is 9.88 Å². The van der Waals surface area contributed by atoms with E-state index in [2.05, 4.69) is 17.1 Å². The van der Waals surface area contributed by atoms with E-state index in [1.165, 1.54) is 11.3 Å². The zero-order valence-electron chi connectivity index (χ0n) is 14.4. The van der Waals surface area contributed by atoms with Crippen LogP contribution in [0.2, 0.25) is 0 Å². The maximum atomic E-state index is 12.9. The highest BCUT2D eigenvalue weighted by Gasteiger charge is 2.41. The van der Waals surface area contributed by atoms with Crippen LogP contribution in [0, 0.1) is 0 Å². The van der Waals surface area contributed by atoms with Gasteiger partial charge in [-0.2, -0.15) is 0 Å². The number of nitrogens with one attached hydrogen (secondary N) is 1. The van der Waals surface area contributed by atoms with Crippen molar-refractivity contribution in [2.24, 2.45) is 0 Å². The Kier molecular flexibility index (Phi) is 3.76. The number of carbonyl (C=O) groups excluding carboxylic acids is 1. The van der Waals surface area contributed by atoms with Crippen LogP contribution in [-0.2, 0) is 22.5 Å². The number of aromatic nitrogens is 1. The molecule has 4 rings (SSSR count). The van der Waals surface area contributed by atoms with Gasteiger partial charge in [0, 0.05) is 48.3 Å². The van der Waals surface area contributed by atoms with Crippen LogP contribution >= 0.6 is 0 Å². The summed E-state index contributed by atoms with van der Waals surface area (Å²) in [6.07, 6.45) is 2.64. The van der Waals surface area contributed by atoms with Gasteiger partial charge in [0.05, 0.1) is 6.61 Å². The van der Waals surface area contributed by atoms with Gasteiger partial charge in [0.15, 0.2) is 0 Å². The first-order chi connectivity index (χ1) is 11.6. The number of amides is 1. The standard InChI is InChI=1S/C19H24N2O3/c1-3-23-13-5-6-16-14(11-13)15-12-21(9-7-17(15)20-16)18(22)19(2)8-4-10-24-19/h5-6,11,20H,3-4,7-10,12H2,1-2H3/t19-/m0/s1. The number of hydrogen-bond donors (Lipinski definition) is 1. The average Bonchev–Trinajstić information content (AvgIpc) is 3.18. The molecule has 2 aliphatic heterocycles. The molecule has 0 spiro atoms. The van der Waals surface area contributed by atoms with Crippen molar-refractivity contribution in [3.05, 3.63) is 29.5 Å². The SMILES string of the molecule is CCOc1ccc2[nH]c3c(c2c1)CN(C(=O)[C@]1(C)CCCO1)CC3. The van der Waals surface area contributed by atoms with Crippen molar-refractivity contribution in [2.45, 2.75) is 45.3 Å². The molecule has 1 saturated heterocycles. The highest BCUT2D eigenvalue weighted by atomic mass is 16.5. The van der Waals surface area contributed by atoms with Gasteiger partial charge in [-0.1, -0.05) is 0 Å². The molecule has 24 heavy (non-hydrogen) atoms. The highest BCUT2D eigenvalue weighted by Crippen LogP contribution is 2.33. The van der Waals surface area contributed by atoms with Gasteiger partial charge in [0.25, 0.3) is 5.91 Å². The lowest BCUT2D eigenvalue weighted by atomic mass is 9.98. The summed E-state index contributed by atoms with van der Waals surface area (Å²) in [6, 6.07) is 6.13. The van der Waals surface area contributed by atoms with Gasteiger partial charge in [0.1, 0.15) is 11.4 Å². The van der Waals surface area contributed by atoms with E-state index < -0.39 is 5.60 Å². The molecule has 1 aromatic heterocycles. The second kappa shape index (κ2) is 5.81. The molecule has 0 bridgehead atoms. The number of ether oxygens (including phenoxy) is 2. The molecule has 1 fully saturated rings. The minimum Gasteiger partial charge on any atom is -0.494 e. The highest BCUT2D eigenvalue weighted by molar-refractivity contribution is 5.89. The van der Waals surface area contributed by atoms with Crippen molar-refractivity contribution < 1.29 is 14.3 Å². The van der Waals surface area contributed by atoms with E-state index >= 15 is 0 Å². The number of nitrogens with zero attached hydrogens (tertiary/aromatic N) is 1. The van der Waals surface area contributed by atoms with Gasteiger partial charge in [0.2, 0.25) is 0 Å². The minimum absolute atomic E-state index is 0.126. The zero-order valence-corrected chi connectivity index (χ0v) is 14.4. The normalized spacial score (nSPS) is 23.5. The summed E-state index contributed by atoms with van der Waals surface area (Å²) in [5, 5.41) is 1.16. The molecule has 1 N–H and O–H groups in total. The Hall–Kier alpha value is -2.01. The zero-order chi connectivity index (χ0) is 16.7. The maximum Gasteiger partial charge on any atom is 0.254 e. The summed E-state index contributed by atoms with van der Waals surface area (Å²) >= 11 is 0. The molecule has 1 amide bonds. The number of hydrogen-bond acceptors (Lipinski definition) is 3. The van der Waals surface area contributed by atoms with Gasteiger partial charge in [-0.25, -0.2) is 0 Å². The third-order valence-electron chi connectivity index (χ3n) is 5.22. The van der Waals surface area contributed by atoms with Crippen LogP contribution in [0.5, 0.6) is 5.75 Å². The first-order valence-corrected chi connectivity index (χ1v) is 8.80. The fourth-order valence-corrected chi connectivity index (χ4v) is 3.91. The number of benzene rings is 1. The van der Waals surface area contributed by atoms with Crippen molar-refractivity contribution in [3.63, 3.8) is 0 Å². The van der Waals surface area contributed by atoms with E-state index in [1.54, 1.807) is 0 Å². The quantitative estimate of drug-likeness (QED) is 0.942. The van der Waals surface area contributed by atoms with Crippen molar-refractivity contribution in [2.75, 3.05) is 19.8 Å². The van der Waals surface area contributed by atoms with E-state index in [4.69, 9.17) is 9.47 Å². The molecule has 3 heterocycles. The Morgan fingerprint density at radius 1 is 1.46 bits per heavy atom. The Balaban J connectivity index is 1.64. The maximum absolute atomic E-state index is 12.9. The van der Waals surface area contributed by atoms with Crippen molar-refractivity contribution >= 4 is 16.8 Å². The molecule has 5 heteroatoms. The summed E-state index contributed by atoms with van der Waals surface area (Å²) in [6.45, 7) is 6.64. The second-order valence-corrected chi connectivity index (χ2v) is 6.88. The fourth-order valence-electron chi connectivity index (χ4n) is 3.91. The molecule has 1 atom stereocenters. The van der Waals surface area contributed by atoms with Crippen LogP contribution in [0.3, 0.4) is 0 Å². The molecule has 0 unspecified atom stereocenters. The number of aromatic amines is 1. The predicted molar refractivity (Wildman–Crippen MR) is 92.2 cm³/mol. The van der Waals surface area contributed by atoms with E-state index in [0.717, 1.165) is 42.5 Å². The largest absolute Gasteiger partial charge is 0.494 e. The lowest BCUT2D eigenvalue weighted by Crippen LogP contribution is -2.48. The van der Waals surface area contributed by atoms with E-state index in [9.17, 15) is 4.79 Å². The topological polar surface area (TPSA) is 54.6 Å². The van der Waals surface area contributed by atoms with E-state index in [0.29, 0.717) is 19.8 Å². The molecular formula is C19H24N2O3. The van der Waals surface area contributed by atoms with Gasteiger partial charge < -0.3 is 19.4 Å². The predicted octanol–water partition coefficient (Wildman–Crippen LogP) is 3.02. The molecule has 2 aromatic rings. The number of fused-ring (bicyclic) bond motifs is 3. The lowest BCUT2D eigenvalue weighted by molar-refractivity contribution is -0.152. The van der Waals surface area contributed by atoms with Crippen LogP contribution in [0.4, 0.5) is 0 Å². The van der Waals surface area contributed by atoms with Gasteiger partial charge in [-0.3, -0.25) is 4.79 Å². The molecule has 0 radical (unpaired) electrons. The number of H-pyrrole nitrogens is 1. The summed E-state index contributed by atoms with van der Waals surface area (Å²) in [4.78, 5) is 18.4. The van der Waals surface area contributed by atoms with Crippen LogP contribution in [0.25, 0.3) is 10.9 Å². The van der Waals surface area contributed by atoms with Crippen LogP contribution in [-0.4, -0.2) is 41.2 Å². The Morgan fingerprint density at radius 3 is 3.08 bits per heavy atom. The molecule has 0 saturated carbocycles. The van der Waals surface area contributed by atoms with Crippen LogP contribution < -0.4 is 4.74 Å². The van der Waals surface area contributed by atoms with Crippen LogP contribution in [0.15, 0.2) is 18.2 Å². The third kappa shape index (κ3) is 2.47. The molecular weight excluding hydrogens is 304 g/mol. The third-order valence-corrected chi connectivity index (χ3v) is 5.22. The van der Waals surface area contributed by atoms with Crippen molar-refractivity contribution in [3.8, 4) is 5.75 Å². The number of rotatable bonds is 3. The van der Waals surface area contributed by atoms with E-state index in [1.807, 2.05) is 24.8 Å².